The molecule has 0 aromatic rings. The Morgan fingerprint density at radius 2 is 1.14 bits per heavy atom. The molecule has 11 nitrogen and oxygen atoms in total. The Morgan fingerprint density at radius 1 is 0.614 bits per heavy atom. The summed E-state index contributed by atoms with van der Waals surface area (Å²) < 4.78 is 32.6. The second kappa shape index (κ2) is 40.2. The Bertz CT molecular complexity index is 1200. The zero-order chi connectivity index (χ0) is 42.1. The van der Waals surface area contributed by atoms with Crippen molar-refractivity contribution >= 4 is 19.8 Å². The Balaban J connectivity index is 4.42. The molecule has 57 heavy (non-hydrogen) atoms. The molecule has 0 aliphatic carbocycles. The Labute approximate surface area is 345 Å². The molecule has 0 radical (unpaired) electrons. The van der Waals surface area contributed by atoms with Gasteiger partial charge >= 0.3 is 19.8 Å². The minimum atomic E-state index is -4.45. The van der Waals surface area contributed by atoms with Crippen molar-refractivity contribution in [2.45, 2.75) is 173 Å². The van der Waals surface area contributed by atoms with Crippen LogP contribution >= 0.6 is 7.82 Å². The molecule has 0 fully saturated rings. The Hall–Kier alpha value is -2.63. The molecule has 328 valence electrons. The molecular formula is C45H78NO10P. The molecule has 0 aromatic heterocycles. The summed E-state index contributed by atoms with van der Waals surface area (Å²) >= 11 is 0. The van der Waals surface area contributed by atoms with Gasteiger partial charge in [0.2, 0.25) is 0 Å². The molecule has 0 amide bonds. The van der Waals surface area contributed by atoms with E-state index in [9.17, 15) is 29.3 Å². The number of carbonyl (C=O) groups is 2. The SMILES string of the molecule is CCCCC/C=C\C/C=C\CCCCCCCCCC(=O)OC[C@H](COP(=O)(O)OCCN)OC(=O)CCC[C@H](O)/C=C/C=C\C/C=C\C=C\[C@H](O)CCCCC. The van der Waals surface area contributed by atoms with Crippen LogP contribution in [-0.2, 0) is 32.7 Å². The van der Waals surface area contributed by atoms with Crippen LogP contribution in [0.2, 0.25) is 0 Å². The van der Waals surface area contributed by atoms with Crippen molar-refractivity contribution in [3.8, 4) is 0 Å². The van der Waals surface area contributed by atoms with Crippen LogP contribution in [0.3, 0.4) is 0 Å². The third kappa shape index (κ3) is 40.0. The molecule has 0 aromatic carbocycles. The zero-order valence-electron chi connectivity index (χ0n) is 35.3. The molecule has 0 spiro atoms. The van der Waals surface area contributed by atoms with E-state index in [4.69, 9.17) is 24.3 Å². The average Bonchev–Trinajstić information content (AvgIpc) is 3.18. The third-order valence-corrected chi connectivity index (χ3v) is 9.76. The van der Waals surface area contributed by atoms with E-state index in [1.807, 2.05) is 30.4 Å². The van der Waals surface area contributed by atoms with Crippen molar-refractivity contribution in [1.29, 1.82) is 0 Å². The number of rotatable bonds is 39. The molecule has 0 heterocycles. The highest BCUT2D eigenvalue weighted by atomic mass is 31.2. The molecule has 1 unspecified atom stereocenters. The summed E-state index contributed by atoms with van der Waals surface area (Å²) in [5.41, 5.74) is 5.33. The Morgan fingerprint density at radius 3 is 1.75 bits per heavy atom. The normalized spacial score (nSPS) is 15.1. The predicted octanol–water partition coefficient (Wildman–Crippen LogP) is 10.2. The highest BCUT2D eigenvalue weighted by Gasteiger charge is 2.26. The summed E-state index contributed by atoms with van der Waals surface area (Å²) in [5.74, 6) is -1.07. The summed E-state index contributed by atoms with van der Waals surface area (Å²) in [6.45, 7) is 3.31. The highest BCUT2D eigenvalue weighted by Crippen LogP contribution is 2.43. The molecule has 5 N–H and O–H groups in total. The van der Waals surface area contributed by atoms with E-state index in [0.717, 1.165) is 57.8 Å². The topological polar surface area (TPSA) is 175 Å². The number of phosphoric acid groups is 1. The van der Waals surface area contributed by atoms with Gasteiger partial charge in [0, 0.05) is 19.4 Å². The van der Waals surface area contributed by atoms with Crippen molar-refractivity contribution in [1.82, 2.24) is 0 Å². The lowest BCUT2D eigenvalue weighted by Crippen LogP contribution is -2.29. The van der Waals surface area contributed by atoms with E-state index < -0.39 is 44.7 Å². The fraction of sp³-hybridized carbons (Fsp3) is 0.689. The highest BCUT2D eigenvalue weighted by molar-refractivity contribution is 7.47. The van der Waals surface area contributed by atoms with Crippen LogP contribution in [0.1, 0.15) is 155 Å². The lowest BCUT2D eigenvalue weighted by Gasteiger charge is -2.20. The number of aliphatic hydroxyl groups is 2. The van der Waals surface area contributed by atoms with Gasteiger partial charge in [-0.3, -0.25) is 18.6 Å². The molecule has 4 atom stereocenters. The second-order valence-corrected chi connectivity index (χ2v) is 15.7. The molecule has 12 heteroatoms. The van der Waals surface area contributed by atoms with Gasteiger partial charge in [-0.15, -0.1) is 0 Å². The summed E-state index contributed by atoms with van der Waals surface area (Å²) in [6, 6.07) is 0. The van der Waals surface area contributed by atoms with Gasteiger partial charge in [-0.1, -0.05) is 151 Å². The summed E-state index contributed by atoms with van der Waals surface area (Å²) in [7, 11) is -4.45. The number of allylic oxidation sites excluding steroid dienone is 10. The summed E-state index contributed by atoms with van der Waals surface area (Å²) in [6.07, 6.45) is 41.4. The zero-order valence-corrected chi connectivity index (χ0v) is 36.2. The van der Waals surface area contributed by atoms with Gasteiger partial charge in [-0.05, 0) is 64.2 Å². The third-order valence-electron chi connectivity index (χ3n) is 8.77. The largest absolute Gasteiger partial charge is 0.472 e. The first-order valence-corrected chi connectivity index (χ1v) is 23.1. The maximum absolute atomic E-state index is 12.6. The van der Waals surface area contributed by atoms with Crippen molar-refractivity contribution < 1.29 is 47.8 Å². The van der Waals surface area contributed by atoms with Crippen LogP contribution in [0.15, 0.2) is 72.9 Å². The number of aliphatic hydroxyl groups excluding tert-OH is 2. The van der Waals surface area contributed by atoms with Crippen LogP contribution in [-0.4, -0.2) is 71.7 Å². The number of nitrogens with two attached hydrogens (primary N) is 1. The quantitative estimate of drug-likeness (QED) is 0.0153. The van der Waals surface area contributed by atoms with E-state index in [1.165, 1.54) is 44.9 Å². The minimum absolute atomic E-state index is 0.0113. The van der Waals surface area contributed by atoms with Gasteiger partial charge in [-0.25, -0.2) is 4.57 Å². The van der Waals surface area contributed by atoms with Gasteiger partial charge in [-0.2, -0.15) is 0 Å². The van der Waals surface area contributed by atoms with Crippen molar-refractivity contribution in [3.63, 3.8) is 0 Å². The van der Waals surface area contributed by atoms with Gasteiger partial charge in [0.15, 0.2) is 6.10 Å². The van der Waals surface area contributed by atoms with Gasteiger partial charge in [0.1, 0.15) is 6.61 Å². The van der Waals surface area contributed by atoms with Gasteiger partial charge < -0.3 is 30.3 Å². The maximum atomic E-state index is 12.6. The number of hydrogen-bond donors (Lipinski definition) is 4. The average molecular weight is 824 g/mol. The molecule has 0 bridgehead atoms. The smallest absolute Gasteiger partial charge is 0.462 e. The minimum Gasteiger partial charge on any atom is -0.462 e. The van der Waals surface area contributed by atoms with Crippen LogP contribution in [0.4, 0.5) is 0 Å². The van der Waals surface area contributed by atoms with E-state index >= 15 is 0 Å². The standard InChI is InChI=1S/C45H78NO10P/c1-3-5-7-8-9-10-11-12-13-14-15-16-17-18-22-25-29-35-44(49)53-39-43(40-55-57(51,52)54-38-37-46)56-45(50)36-30-34-42(48)33-28-24-21-19-20-23-27-32-41(47)31-26-6-4-2/h9-10,12-13,20-21,23-24,27-28,32-33,41-43,47-48H,3-8,11,14-19,22,25-26,29-31,34-40,46H2,1-2H3,(H,51,52)/b10-9-,13-12-,23-20-,24-21-,32-27+,33-28+/t41-,42-,43-/m1/s1. The van der Waals surface area contributed by atoms with Crippen LogP contribution < -0.4 is 5.73 Å². The van der Waals surface area contributed by atoms with Crippen molar-refractivity contribution in [2.24, 2.45) is 5.73 Å². The number of carbonyl (C=O) groups excluding carboxylic acids is 2. The molecule has 0 aliphatic rings. The first-order chi connectivity index (χ1) is 27.6. The first-order valence-electron chi connectivity index (χ1n) is 21.6. The van der Waals surface area contributed by atoms with E-state index in [-0.39, 0.29) is 32.6 Å². The maximum Gasteiger partial charge on any atom is 0.472 e. The van der Waals surface area contributed by atoms with Gasteiger partial charge in [0.05, 0.1) is 25.4 Å². The molecule has 0 saturated heterocycles. The second-order valence-electron chi connectivity index (χ2n) is 14.3. The Kier molecular flexibility index (Phi) is 38.3. The lowest BCUT2D eigenvalue weighted by atomic mass is 10.1. The van der Waals surface area contributed by atoms with Crippen LogP contribution in [0.25, 0.3) is 0 Å². The number of phosphoric ester groups is 1. The molecule has 0 saturated carbocycles. The molecular weight excluding hydrogens is 745 g/mol. The van der Waals surface area contributed by atoms with Crippen LogP contribution in [0, 0.1) is 0 Å². The molecule has 0 aliphatic heterocycles. The lowest BCUT2D eigenvalue weighted by molar-refractivity contribution is -0.161. The van der Waals surface area contributed by atoms with Gasteiger partial charge in [0.25, 0.3) is 0 Å². The number of hydrogen-bond acceptors (Lipinski definition) is 10. The predicted molar refractivity (Wildman–Crippen MR) is 231 cm³/mol. The number of ether oxygens (including phenoxy) is 2. The van der Waals surface area contributed by atoms with E-state index in [1.54, 1.807) is 18.2 Å². The van der Waals surface area contributed by atoms with Crippen molar-refractivity contribution in [2.75, 3.05) is 26.4 Å². The fourth-order valence-corrected chi connectivity index (χ4v) is 6.23. The summed E-state index contributed by atoms with van der Waals surface area (Å²) in [5, 5.41) is 20.2. The van der Waals surface area contributed by atoms with Crippen molar-refractivity contribution in [3.05, 3.63) is 72.9 Å². The summed E-state index contributed by atoms with van der Waals surface area (Å²) in [4.78, 5) is 34.9. The fourth-order valence-electron chi connectivity index (χ4n) is 5.47. The van der Waals surface area contributed by atoms with E-state index in [0.29, 0.717) is 25.7 Å². The number of esters is 2. The van der Waals surface area contributed by atoms with Crippen LogP contribution in [0.5, 0.6) is 0 Å². The van der Waals surface area contributed by atoms with E-state index in [2.05, 4.69) is 38.2 Å². The molecule has 0 rings (SSSR count). The monoisotopic (exact) mass is 824 g/mol. The number of unbranched alkanes of at least 4 members (excludes halogenated alkanes) is 12. The first kappa shape index (κ1) is 54.4.